The number of carbonyl (C=O) groups is 1. The minimum atomic E-state index is -0.474. The summed E-state index contributed by atoms with van der Waals surface area (Å²) in [5.74, 6) is 0. The molecule has 4 heteroatoms. The quantitative estimate of drug-likeness (QED) is 0.849. The Labute approximate surface area is 125 Å². The molecule has 1 amide bonds. The topological polar surface area (TPSA) is 42.7 Å². The molecule has 4 nitrogen and oxygen atoms in total. The highest BCUT2D eigenvalue weighted by atomic mass is 16.6. The van der Waals surface area contributed by atoms with E-state index in [-0.39, 0.29) is 12.1 Å². The number of fused-ring (bicyclic) bond motifs is 1. The second-order valence-electron chi connectivity index (χ2n) is 6.44. The van der Waals surface area contributed by atoms with Crippen LogP contribution in [-0.4, -0.2) is 29.7 Å². The lowest BCUT2D eigenvalue weighted by molar-refractivity contribution is 0.0236. The predicted molar refractivity (Wildman–Crippen MR) is 83.4 cm³/mol. The molecule has 1 aromatic carbocycles. The Hall–Kier alpha value is -1.97. The van der Waals surface area contributed by atoms with Crippen LogP contribution in [0.2, 0.25) is 0 Å². The van der Waals surface area contributed by atoms with Crippen LogP contribution in [0, 0.1) is 0 Å². The number of benzene rings is 1. The smallest absolute Gasteiger partial charge is 0.410 e. The van der Waals surface area contributed by atoms with Crippen LogP contribution < -0.4 is 0 Å². The zero-order chi connectivity index (χ0) is 15.6. The first-order chi connectivity index (χ1) is 9.76. The largest absolute Gasteiger partial charge is 0.464 e. The second-order valence-corrected chi connectivity index (χ2v) is 6.44. The lowest BCUT2D eigenvalue weighted by atomic mass is 10.1. The van der Waals surface area contributed by atoms with Gasteiger partial charge in [0.05, 0.1) is 6.26 Å². The van der Waals surface area contributed by atoms with E-state index in [1.165, 1.54) is 0 Å². The van der Waals surface area contributed by atoms with E-state index < -0.39 is 5.60 Å². The van der Waals surface area contributed by atoms with E-state index in [0.717, 1.165) is 23.0 Å². The molecule has 0 unspecified atom stereocenters. The van der Waals surface area contributed by atoms with Crippen molar-refractivity contribution in [2.24, 2.45) is 0 Å². The number of carbonyl (C=O) groups excluding carboxylic acids is 1. The van der Waals surface area contributed by atoms with E-state index in [9.17, 15) is 4.79 Å². The number of hydrogen-bond acceptors (Lipinski definition) is 3. The molecule has 0 saturated carbocycles. The first-order valence-corrected chi connectivity index (χ1v) is 7.18. The van der Waals surface area contributed by atoms with E-state index in [1.54, 1.807) is 18.2 Å². The molecule has 0 fully saturated rings. The van der Waals surface area contributed by atoms with Gasteiger partial charge in [-0.2, -0.15) is 0 Å². The molecule has 0 aliphatic rings. The Morgan fingerprint density at radius 3 is 2.71 bits per heavy atom. The van der Waals surface area contributed by atoms with Crippen LogP contribution in [0.5, 0.6) is 0 Å². The summed E-state index contributed by atoms with van der Waals surface area (Å²) in [6.07, 6.45) is 2.14. The molecule has 1 aromatic heterocycles. The van der Waals surface area contributed by atoms with Crippen molar-refractivity contribution in [2.45, 2.75) is 45.8 Å². The van der Waals surface area contributed by atoms with Gasteiger partial charge < -0.3 is 14.1 Å². The van der Waals surface area contributed by atoms with Crippen LogP contribution in [-0.2, 0) is 11.2 Å². The minimum absolute atomic E-state index is 0.0484. The third-order valence-corrected chi connectivity index (χ3v) is 3.39. The number of rotatable bonds is 3. The molecular weight excluding hydrogens is 266 g/mol. The van der Waals surface area contributed by atoms with Gasteiger partial charge in [0.25, 0.3) is 0 Å². The molecule has 1 heterocycles. The molecule has 114 valence electrons. The predicted octanol–water partition coefficient (Wildman–Crippen LogP) is 4.23. The molecule has 0 spiro atoms. The zero-order valence-electron chi connectivity index (χ0n) is 13.3. The standard InChI is InChI=1S/C17H23NO3/c1-12(18(5)16(19)21-17(2,3)4)10-13-6-7-14-8-9-20-15(14)11-13/h6-9,11-12H,10H2,1-5H3/t12-/m1/s1. The Balaban J connectivity index is 2.02. The molecule has 0 aliphatic carbocycles. The lowest BCUT2D eigenvalue weighted by Crippen LogP contribution is -2.40. The van der Waals surface area contributed by atoms with Gasteiger partial charge in [0, 0.05) is 18.5 Å². The van der Waals surface area contributed by atoms with Crippen molar-refractivity contribution in [3.8, 4) is 0 Å². The van der Waals surface area contributed by atoms with Crippen LogP contribution in [0.1, 0.15) is 33.3 Å². The van der Waals surface area contributed by atoms with Crippen molar-refractivity contribution in [3.05, 3.63) is 36.1 Å². The summed E-state index contributed by atoms with van der Waals surface area (Å²) < 4.78 is 10.8. The van der Waals surface area contributed by atoms with Gasteiger partial charge in [-0.3, -0.25) is 0 Å². The third kappa shape index (κ3) is 4.00. The van der Waals surface area contributed by atoms with Crippen molar-refractivity contribution in [1.29, 1.82) is 0 Å². The number of ether oxygens (including phenoxy) is 1. The maximum absolute atomic E-state index is 12.0. The Morgan fingerprint density at radius 1 is 1.33 bits per heavy atom. The second kappa shape index (κ2) is 5.80. The van der Waals surface area contributed by atoms with E-state index in [4.69, 9.17) is 9.15 Å². The molecule has 0 aliphatic heterocycles. The van der Waals surface area contributed by atoms with E-state index in [2.05, 4.69) is 6.07 Å². The fraction of sp³-hybridized carbons (Fsp3) is 0.471. The van der Waals surface area contributed by atoms with Gasteiger partial charge in [-0.05, 0) is 51.8 Å². The molecule has 21 heavy (non-hydrogen) atoms. The Morgan fingerprint density at radius 2 is 2.05 bits per heavy atom. The average Bonchev–Trinajstić information content (AvgIpc) is 2.83. The van der Waals surface area contributed by atoms with E-state index >= 15 is 0 Å². The fourth-order valence-corrected chi connectivity index (χ4v) is 2.12. The van der Waals surface area contributed by atoms with Crippen LogP contribution >= 0.6 is 0 Å². The van der Waals surface area contributed by atoms with Gasteiger partial charge in [0.1, 0.15) is 11.2 Å². The third-order valence-electron chi connectivity index (χ3n) is 3.39. The van der Waals surface area contributed by atoms with Gasteiger partial charge in [-0.15, -0.1) is 0 Å². The van der Waals surface area contributed by atoms with Crippen LogP contribution in [0.3, 0.4) is 0 Å². The Kier molecular flexibility index (Phi) is 4.26. The van der Waals surface area contributed by atoms with E-state index in [0.29, 0.717) is 0 Å². The SMILES string of the molecule is C[C@H](Cc1ccc2ccoc2c1)N(C)C(=O)OC(C)(C)C. The van der Waals surface area contributed by atoms with Crippen LogP contribution in [0.25, 0.3) is 11.0 Å². The van der Waals surface area contributed by atoms with Gasteiger partial charge in [0.15, 0.2) is 0 Å². The minimum Gasteiger partial charge on any atom is -0.464 e. The molecule has 0 bridgehead atoms. The number of likely N-dealkylation sites (N-methyl/N-ethyl adjacent to an activating group) is 1. The summed E-state index contributed by atoms with van der Waals surface area (Å²) in [5, 5.41) is 1.09. The van der Waals surface area contributed by atoms with Crippen LogP contribution in [0.4, 0.5) is 4.79 Å². The molecule has 0 N–H and O–H groups in total. The highest BCUT2D eigenvalue weighted by molar-refractivity contribution is 5.77. The highest BCUT2D eigenvalue weighted by Crippen LogP contribution is 2.19. The van der Waals surface area contributed by atoms with Crippen molar-refractivity contribution in [1.82, 2.24) is 4.90 Å². The summed E-state index contributed by atoms with van der Waals surface area (Å²) in [6, 6.07) is 8.11. The monoisotopic (exact) mass is 289 g/mol. The first kappa shape index (κ1) is 15.4. The van der Waals surface area contributed by atoms with Gasteiger partial charge in [-0.1, -0.05) is 12.1 Å². The highest BCUT2D eigenvalue weighted by Gasteiger charge is 2.23. The summed E-state index contributed by atoms with van der Waals surface area (Å²) in [7, 11) is 1.77. The van der Waals surface area contributed by atoms with E-state index in [1.807, 2.05) is 45.9 Å². The first-order valence-electron chi connectivity index (χ1n) is 7.18. The molecule has 0 radical (unpaired) electrons. The zero-order valence-corrected chi connectivity index (χ0v) is 13.3. The van der Waals surface area contributed by atoms with Crippen LogP contribution in [0.15, 0.2) is 34.9 Å². The maximum atomic E-state index is 12.0. The van der Waals surface area contributed by atoms with Crippen molar-refractivity contribution in [3.63, 3.8) is 0 Å². The number of nitrogens with zero attached hydrogens (tertiary/aromatic N) is 1. The molecule has 0 saturated heterocycles. The summed E-state index contributed by atoms with van der Waals surface area (Å²) >= 11 is 0. The van der Waals surface area contributed by atoms with Gasteiger partial charge in [0.2, 0.25) is 0 Å². The normalized spacial score (nSPS) is 13.2. The number of furan rings is 1. The van der Waals surface area contributed by atoms with Crippen molar-refractivity contribution in [2.75, 3.05) is 7.05 Å². The summed E-state index contributed by atoms with van der Waals surface area (Å²) in [4.78, 5) is 13.7. The van der Waals surface area contributed by atoms with Gasteiger partial charge >= 0.3 is 6.09 Å². The summed E-state index contributed by atoms with van der Waals surface area (Å²) in [5.41, 5.74) is 1.54. The lowest BCUT2D eigenvalue weighted by Gasteiger charge is -2.28. The molecule has 2 rings (SSSR count). The summed E-state index contributed by atoms with van der Waals surface area (Å²) in [6.45, 7) is 7.62. The number of hydrogen-bond donors (Lipinski definition) is 0. The fourth-order valence-electron chi connectivity index (χ4n) is 2.12. The maximum Gasteiger partial charge on any atom is 0.410 e. The van der Waals surface area contributed by atoms with Crippen molar-refractivity contribution < 1.29 is 13.9 Å². The molecule has 2 aromatic rings. The Bertz CT molecular complexity index is 624. The number of amides is 1. The molecule has 1 atom stereocenters. The average molecular weight is 289 g/mol. The van der Waals surface area contributed by atoms with Crippen molar-refractivity contribution >= 4 is 17.1 Å². The van der Waals surface area contributed by atoms with Gasteiger partial charge in [-0.25, -0.2) is 4.79 Å². The molecular formula is C17H23NO3.